The minimum atomic E-state index is -0.700. The van der Waals surface area contributed by atoms with E-state index in [1.54, 1.807) is 12.1 Å². The molecule has 0 radical (unpaired) electrons. The molecule has 0 atom stereocenters. The average molecular weight is 428 g/mol. The number of hydrogen-bond acceptors (Lipinski definition) is 6. The van der Waals surface area contributed by atoms with Crippen LogP contribution in [0.3, 0.4) is 0 Å². The molecule has 0 amide bonds. The quantitative estimate of drug-likeness (QED) is 0.476. The highest BCUT2D eigenvalue weighted by molar-refractivity contribution is 5.48. The Morgan fingerprint density at radius 1 is 1.16 bits per heavy atom. The number of piperidine rings is 1. The van der Waals surface area contributed by atoms with Crippen LogP contribution in [0.1, 0.15) is 38.7 Å². The van der Waals surface area contributed by atoms with Crippen molar-refractivity contribution >= 4 is 11.4 Å². The van der Waals surface area contributed by atoms with E-state index >= 15 is 0 Å². The first-order chi connectivity index (χ1) is 14.8. The molecule has 0 bridgehead atoms. The van der Waals surface area contributed by atoms with Crippen molar-refractivity contribution in [2.75, 3.05) is 31.6 Å². The Balaban J connectivity index is 1.49. The predicted octanol–water partition coefficient (Wildman–Crippen LogP) is 4.24. The summed E-state index contributed by atoms with van der Waals surface area (Å²) in [7, 11) is 2.03. The van der Waals surface area contributed by atoms with Crippen LogP contribution in [0.25, 0.3) is 0 Å². The van der Waals surface area contributed by atoms with E-state index in [0.29, 0.717) is 25.8 Å². The number of rotatable bonds is 9. The van der Waals surface area contributed by atoms with Crippen LogP contribution in [0.15, 0.2) is 48.5 Å². The minimum Gasteiger partial charge on any atom is -0.491 e. The van der Waals surface area contributed by atoms with Crippen LogP contribution in [0.2, 0.25) is 0 Å². The first kappa shape index (κ1) is 23.0. The molecule has 0 aromatic heterocycles. The molecule has 1 saturated heterocycles. The summed E-state index contributed by atoms with van der Waals surface area (Å²) < 4.78 is 5.69. The van der Waals surface area contributed by atoms with Crippen molar-refractivity contribution in [2.45, 2.75) is 51.4 Å². The highest BCUT2D eigenvalue weighted by Crippen LogP contribution is 2.29. The highest BCUT2D eigenvalue weighted by atomic mass is 16.6. The van der Waals surface area contributed by atoms with Gasteiger partial charge in [0.1, 0.15) is 5.75 Å². The van der Waals surface area contributed by atoms with Crippen molar-refractivity contribution in [2.24, 2.45) is 0 Å². The Kier molecular flexibility index (Phi) is 7.51. The van der Waals surface area contributed by atoms with Crippen LogP contribution in [-0.2, 0) is 6.54 Å². The summed E-state index contributed by atoms with van der Waals surface area (Å²) >= 11 is 0. The fourth-order valence-electron chi connectivity index (χ4n) is 4.00. The predicted molar refractivity (Wildman–Crippen MR) is 123 cm³/mol. The van der Waals surface area contributed by atoms with Crippen molar-refractivity contribution in [3.8, 4) is 5.75 Å². The number of hydrogen-bond donors (Lipinski definition) is 1. The van der Waals surface area contributed by atoms with E-state index in [2.05, 4.69) is 9.80 Å². The molecule has 2 aromatic carbocycles. The van der Waals surface area contributed by atoms with Gasteiger partial charge in [0, 0.05) is 50.5 Å². The maximum atomic E-state index is 11.2. The highest BCUT2D eigenvalue weighted by Gasteiger charge is 2.32. The topological polar surface area (TPSA) is 79.1 Å². The van der Waals surface area contributed by atoms with Gasteiger partial charge in [-0.1, -0.05) is 18.2 Å². The van der Waals surface area contributed by atoms with Crippen molar-refractivity contribution in [3.05, 3.63) is 64.2 Å². The lowest BCUT2D eigenvalue weighted by atomic mass is 9.88. The molecule has 0 saturated carbocycles. The van der Waals surface area contributed by atoms with E-state index in [9.17, 15) is 15.2 Å². The molecule has 0 aliphatic carbocycles. The van der Waals surface area contributed by atoms with Crippen LogP contribution < -0.4 is 9.64 Å². The molecule has 7 nitrogen and oxygen atoms in total. The molecule has 0 spiro atoms. The second-order valence-electron chi connectivity index (χ2n) is 8.72. The summed E-state index contributed by atoms with van der Waals surface area (Å²) in [5, 5.41) is 22.3. The molecule has 1 N–H and O–H groups in total. The van der Waals surface area contributed by atoms with Crippen LogP contribution >= 0.6 is 0 Å². The summed E-state index contributed by atoms with van der Waals surface area (Å²) in [6.07, 6.45) is 2.18. The molecule has 0 unspecified atom stereocenters. The Bertz CT molecular complexity index is 861. The fourth-order valence-corrected chi connectivity index (χ4v) is 4.00. The Labute approximate surface area is 184 Å². The number of nitro groups is 1. The van der Waals surface area contributed by atoms with Crippen molar-refractivity contribution in [3.63, 3.8) is 0 Å². The third kappa shape index (κ3) is 6.42. The van der Waals surface area contributed by atoms with Crippen LogP contribution in [-0.4, -0.2) is 53.3 Å². The number of para-hydroxylation sites is 1. The van der Waals surface area contributed by atoms with Gasteiger partial charge in [-0.3, -0.25) is 15.0 Å². The smallest absolute Gasteiger partial charge is 0.273 e. The SMILES string of the molecule is CC(C)Oc1ccc(N(C)CCC2(O)CCN(Cc3ccccc3[N+](=O)[O-])CC2)cc1. The van der Waals surface area contributed by atoms with E-state index in [1.807, 2.05) is 57.3 Å². The molecular formula is C24H33N3O4. The van der Waals surface area contributed by atoms with Gasteiger partial charge in [-0.05, 0) is 57.4 Å². The zero-order valence-corrected chi connectivity index (χ0v) is 18.7. The monoisotopic (exact) mass is 427 g/mol. The molecule has 1 fully saturated rings. The van der Waals surface area contributed by atoms with Crippen LogP contribution in [0, 0.1) is 10.1 Å². The molecule has 1 aliphatic heterocycles. The van der Waals surface area contributed by atoms with Gasteiger partial charge in [0.05, 0.1) is 16.6 Å². The molecule has 1 heterocycles. The van der Waals surface area contributed by atoms with Gasteiger partial charge in [-0.15, -0.1) is 0 Å². The van der Waals surface area contributed by atoms with Gasteiger partial charge in [0.2, 0.25) is 0 Å². The molecular weight excluding hydrogens is 394 g/mol. The maximum Gasteiger partial charge on any atom is 0.273 e. The van der Waals surface area contributed by atoms with Gasteiger partial charge >= 0.3 is 0 Å². The number of ether oxygens (including phenoxy) is 1. The summed E-state index contributed by atoms with van der Waals surface area (Å²) in [6, 6.07) is 14.9. The molecule has 31 heavy (non-hydrogen) atoms. The van der Waals surface area contributed by atoms with E-state index in [0.717, 1.165) is 36.6 Å². The van der Waals surface area contributed by atoms with Crippen LogP contribution in [0.5, 0.6) is 5.75 Å². The Hall–Kier alpha value is -2.64. The number of benzene rings is 2. The number of aliphatic hydroxyl groups is 1. The van der Waals surface area contributed by atoms with Crippen molar-refractivity contribution in [1.82, 2.24) is 4.90 Å². The van der Waals surface area contributed by atoms with Gasteiger partial charge in [-0.25, -0.2) is 0 Å². The van der Waals surface area contributed by atoms with Crippen LogP contribution in [0.4, 0.5) is 11.4 Å². The van der Waals surface area contributed by atoms with Crippen molar-refractivity contribution in [1.29, 1.82) is 0 Å². The number of likely N-dealkylation sites (tertiary alicyclic amines) is 1. The third-order valence-electron chi connectivity index (χ3n) is 5.93. The van der Waals surface area contributed by atoms with Gasteiger partial charge in [-0.2, -0.15) is 0 Å². The minimum absolute atomic E-state index is 0.150. The van der Waals surface area contributed by atoms with E-state index < -0.39 is 5.60 Å². The lowest BCUT2D eigenvalue weighted by molar-refractivity contribution is -0.385. The van der Waals surface area contributed by atoms with Gasteiger partial charge in [0.25, 0.3) is 5.69 Å². The molecule has 168 valence electrons. The summed E-state index contributed by atoms with van der Waals surface area (Å²) in [6.45, 7) is 6.77. The second kappa shape index (κ2) is 10.1. The number of anilines is 1. The third-order valence-corrected chi connectivity index (χ3v) is 5.93. The van der Waals surface area contributed by atoms with Gasteiger partial charge in [0.15, 0.2) is 0 Å². The largest absolute Gasteiger partial charge is 0.491 e. The van der Waals surface area contributed by atoms with E-state index in [1.165, 1.54) is 0 Å². The fraction of sp³-hybridized carbons (Fsp3) is 0.500. The molecule has 2 aromatic rings. The maximum absolute atomic E-state index is 11.2. The summed E-state index contributed by atoms with van der Waals surface area (Å²) in [5.74, 6) is 0.858. The standard InChI is InChI=1S/C24H33N3O4/c1-19(2)31-22-10-8-21(9-11-22)25(3)15-12-24(28)13-16-26(17-14-24)18-20-6-4-5-7-23(20)27(29)30/h4-11,19,28H,12-18H2,1-3H3. The first-order valence-electron chi connectivity index (χ1n) is 10.9. The summed E-state index contributed by atoms with van der Waals surface area (Å²) in [4.78, 5) is 15.2. The Morgan fingerprint density at radius 3 is 2.42 bits per heavy atom. The lowest BCUT2D eigenvalue weighted by Gasteiger charge is -2.39. The van der Waals surface area contributed by atoms with Gasteiger partial charge < -0.3 is 14.7 Å². The first-order valence-corrected chi connectivity index (χ1v) is 10.9. The number of nitro benzene ring substituents is 1. The van der Waals surface area contributed by atoms with Crippen molar-refractivity contribution < 1.29 is 14.8 Å². The van der Waals surface area contributed by atoms with E-state index in [4.69, 9.17) is 4.74 Å². The average Bonchev–Trinajstić information content (AvgIpc) is 2.74. The lowest BCUT2D eigenvalue weighted by Crippen LogP contribution is -2.45. The molecule has 3 rings (SSSR count). The van der Waals surface area contributed by atoms with E-state index in [-0.39, 0.29) is 16.7 Å². The zero-order valence-electron chi connectivity index (χ0n) is 18.7. The molecule has 1 aliphatic rings. The molecule has 7 heteroatoms. The normalized spacial score (nSPS) is 16.3. The number of nitrogens with zero attached hydrogens (tertiary/aromatic N) is 3. The zero-order chi connectivity index (χ0) is 22.4. The second-order valence-corrected chi connectivity index (χ2v) is 8.72. The summed E-state index contributed by atoms with van der Waals surface area (Å²) in [5.41, 5.74) is 1.28. The Morgan fingerprint density at radius 2 is 1.81 bits per heavy atom.